The molecule has 1 atom stereocenters. The van der Waals surface area contributed by atoms with E-state index < -0.39 is 0 Å². The molecule has 1 rings (SSSR count). The Morgan fingerprint density at radius 2 is 2.12 bits per heavy atom. The van der Waals surface area contributed by atoms with Crippen molar-refractivity contribution in [1.82, 2.24) is 15.1 Å². The second kappa shape index (κ2) is 6.20. The lowest BCUT2D eigenvalue weighted by Gasteiger charge is -2.28. The van der Waals surface area contributed by atoms with Crippen molar-refractivity contribution in [3.05, 3.63) is 18.0 Å². The summed E-state index contributed by atoms with van der Waals surface area (Å²) >= 11 is 0. The van der Waals surface area contributed by atoms with Crippen LogP contribution in [0.1, 0.15) is 46.6 Å². The smallest absolute Gasteiger partial charge is 0.0521 e. The fourth-order valence-corrected chi connectivity index (χ4v) is 2.54. The zero-order chi connectivity index (χ0) is 12.9. The topological polar surface area (TPSA) is 29.9 Å². The molecule has 17 heavy (non-hydrogen) atoms. The minimum atomic E-state index is 0.323. The Morgan fingerprint density at radius 3 is 2.65 bits per heavy atom. The summed E-state index contributed by atoms with van der Waals surface area (Å²) in [4.78, 5) is 0. The quantitative estimate of drug-likeness (QED) is 0.790. The standard InChI is InChI=1S/C14H27N3/c1-6-15-12(3)8-14(4,5)9-13-10-16-17(7-2)11-13/h10-12,15H,6-9H2,1-5H3. The van der Waals surface area contributed by atoms with E-state index in [2.05, 4.69) is 51.2 Å². The SMILES string of the molecule is CCNC(C)CC(C)(C)Cc1cnn(CC)c1. The molecule has 0 fully saturated rings. The largest absolute Gasteiger partial charge is 0.315 e. The summed E-state index contributed by atoms with van der Waals surface area (Å²) in [6.07, 6.45) is 6.46. The van der Waals surface area contributed by atoms with Crippen molar-refractivity contribution < 1.29 is 0 Å². The zero-order valence-corrected chi connectivity index (χ0v) is 12.0. The molecule has 1 aromatic rings. The third kappa shape index (κ3) is 4.90. The van der Waals surface area contributed by atoms with Crippen LogP contribution in [0, 0.1) is 5.41 Å². The Bertz CT molecular complexity index is 328. The van der Waals surface area contributed by atoms with Gasteiger partial charge in [0, 0.05) is 18.8 Å². The first-order valence-corrected chi connectivity index (χ1v) is 6.71. The van der Waals surface area contributed by atoms with Gasteiger partial charge < -0.3 is 5.32 Å². The van der Waals surface area contributed by atoms with Gasteiger partial charge >= 0.3 is 0 Å². The summed E-state index contributed by atoms with van der Waals surface area (Å²) in [6, 6.07) is 0.580. The van der Waals surface area contributed by atoms with Crippen LogP contribution in [0.3, 0.4) is 0 Å². The first kappa shape index (κ1) is 14.2. The first-order valence-electron chi connectivity index (χ1n) is 6.71. The van der Waals surface area contributed by atoms with Gasteiger partial charge in [-0.2, -0.15) is 5.10 Å². The van der Waals surface area contributed by atoms with Crippen molar-refractivity contribution in [2.45, 2.75) is 60.0 Å². The van der Waals surface area contributed by atoms with Gasteiger partial charge in [-0.1, -0.05) is 20.8 Å². The summed E-state index contributed by atoms with van der Waals surface area (Å²) in [5.41, 5.74) is 1.67. The van der Waals surface area contributed by atoms with E-state index in [-0.39, 0.29) is 0 Å². The maximum absolute atomic E-state index is 4.34. The van der Waals surface area contributed by atoms with Crippen LogP contribution in [0.5, 0.6) is 0 Å². The summed E-state index contributed by atoms with van der Waals surface area (Å²) in [7, 11) is 0. The van der Waals surface area contributed by atoms with Crippen LogP contribution in [0.2, 0.25) is 0 Å². The minimum Gasteiger partial charge on any atom is -0.315 e. The Morgan fingerprint density at radius 1 is 1.41 bits per heavy atom. The molecule has 3 nitrogen and oxygen atoms in total. The van der Waals surface area contributed by atoms with Gasteiger partial charge in [-0.05, 0) is 44.2 Å². The fraction of sp³-hybridized carbons (Fsp3) is 0.786. The van der Waals surface area contributed by atoms with Crippen LogP contribution in [0.25, 0.3) is 0 Å². The van der Waals surface area contributed by atoms with Crippen molar-refractivity contribution in [1.29, 1.82) is 0 Å². The maximum Gasteiger partial charge on any atom is 0.0521 e. The van der Waals surface area contributed by atoms with Crippen LogP contribution >= 0.6 is 0 Å². The third-order valence-electron chi connectivity index (χ3n) is 3.10. The highest BCUT2D eigenvalue weighted by Crippen LogP contribution is 2.27. The van der Waals surface area contributed by atoms with Crippen LogP contribution in [-0.4, -0.2) is 22.4 Å². The van der Waals surface area contributed by atoms with Crippen molar-refractivity contribution in [2.24, 2.45) is 5.41 Å². The molecule has 0 aliphatic rings. The monoisotopic (exact) mass is 237 g/mol. The van der Waals surface area contributed by atoms with Gasteiger partial charge in [-0.15, -0.1) is 0 Å². The molecule has 98 valence electrons. The fourth-order valence-electron chi connectivity index (χ4n) is 2.54. The highest BCUT2D eigenvalue weighted by Gasteiger charge is 2.21. The lowest BCUT2D eigenvalue weighted by molar-refractivity contribution is 0.289. The van der Waals surface area contributed by atoms with Gasteiger partial charge in [0.1, 0.15) is 0 Å². The van der Waals surface area contributed by atoms with Crippen molar-refractivity contribution in [3.63, 3.8) is 0 Å². The van der Waals surface area contributed by atoms with Crippen molar-refractivity contribution >= 4 is 0 Å². The molecule has 0 aromatic carbocycles. The van der Waals surface area contributed by atoms with E-state index in [0.717, 1.165) is 19.5 Å². The number of hydrogen-bond donors (Lipinski definition) is 1. The molecule has 0 radical (unpaired) electrons. The van der Waals surface area contributed by atoms with E-state index in [9.17, 15) is 0 Å². The predicted octanol–water partition coefficient (Wildman–Crippen LogP) is 2.86. The first-order chi connectivity index (χ1) is 7.96. The number of aryl methyl sites for hydroxylation is 1. The van der Waals surface area contributed by atoms with Crippen molar-refractivity contribution in [3.8, 4) is 0 Å². The summed E-state index contributed by atoms with van der Waals surface area (Å²) < 4.78 is 2.00. The molecule has 0 aliphatic carbocycles. The van der Waals surface area contributed by atoms with Gasteiger partial charge in [0.05, 0.1) is 6.20 Å². The molecule has 0 saturated heterocycles. The number of nitrogens with zero attached hydrogens (tertiary/aromatic N) is 2. The highest BCUT2D eigenvalue weighted by molar-refractivity contribution is 5.06. The molecular formula is C14H27N3. The average molecular weight is 237 g/mol. The van der Waals surface area contributed by atoms with Crippen molar-refractivity contribution in [2.75, 3.05) is 6.54 Å². The molecular weight excluding hydrogens is 210 g/mol. The Hall–Kier alpha value is -0.830. The number of rotatable bonds is 7. The molecule has 1 N–H and O–H groups in total. The van der Waals surface area contributed by atoms with E-state index in [0.29, 0.717) is 11.5 Å². The normalized spacial score (nSPS) is 13.9. The van der Waals surface area contributed by atoms with E-state index in [1.54, 1.807) is 0 Å². The van der Waals surface area contributed by atoms with Gasteiger partial charge in [0.15, 0.2) is 0 Å². The molecule has 3 heteroatoms. The minimum absolute atomic E-state index is 0.323. The number of aromatic nitrogens is 2. The van der Waals surface area contributed by atoms with Crippen LogP contribution < -0.4 is 5.32 Å². The maximum atomic E-state index is 4.34. The Labute approximate surface area is 106 Å². The third-order valence-corrected chi connectivity index (χ3v) is 3.10. The van der Waals surface area contributed by atoms with E-state index in [1.807, 2.05) is 10.9 Å². The molecule has 0 spiro atoms. The number of nitrogens with one attached hydrogen (secondary N) is 1. The van der Waals surface area contributed by atoms with Crippen LogP contribution in [-0.2, 0) is 13.0 Å². The predicted molar refractivity (Wildman–Crippen MR) is 73.1 cm³/mol. The van der Waals surface area contributed by atoms with E-state index >= 15 is 0 Å². The van der Waals surface area contributed by atoms with Gasteiger partial charge in [0.2, 0.25) is 0 Å². The highest BCUT2D eigenvalue weighted by atomic mass is 15.3. The number of hydrogen-bond acceptors (Lipinski definition) is 2. The Balaban J connectivity index is 2.53. The Kier molecular flexibility index (Phi) is 5.19. The van der Waals surface area contributed by atoms with Gasteiger partial charge in [-0.25, -0.2) is 0 Å². The molecule has 1 heterocycles. The molecule has 0 saturated carbocycles. The van der Waals surface area contributed by atoms with Gasteiger partial charge in [-0.3, -0.25) is 4.68 Å². The van der Waals surface area contributed by atoms with Crippen LogP contribution in [0.15, 0.2) is 12.4 Å². The second-order valence-corrected chi connectivity index (χ2v) is 5.71. The van der Waals surface area contributed by atoms with Crippen LogP contribution in [0.4, 0.5) is 0 Å². The lowest BCUT2D eigenvalue weighted by atomic mass is 9.81. The molecule has 1 unspecified atom stereocenters. The molecule has 0 amide bonds. The average Bonchev–Trinajstić information content (AvgIpc) is 2.63. The second-order valence-electron chi connectivity index (χ2n) is 5.71. The van der Waals surface area contributed by atoms with Gasteiger partial charge in [0.25, 0.3) is 0 Å². The van der Waals surface area contributed by atoms with E-state index in [1.165, 1.54) is 12.0 Å². The molecule has 1 aromatic heterocycles. The molecule has 0 bridgehead atoms. The summed E-state index contributed by atoms with van der Waals surface area (Å²) in [5, 5.41) is 7.82. The summed E-state index contributed by atoms with van der Waals surface area (Å²) in [6.45, 7) is 13.2. The summed E-state index contributed by atoms with van der Waals surface area (Å²) in [5.74, 6) is 0. The zero-order valence-electron chi connectivity index (χ0n) is 12.0. The molecule has 0 aliphatic heterocycles. The van der Waals surface area contributed by atoms with E-state index in [4.69, 9.17) is 0 Å². The lowest BCUT2D eigenvalue weighted by Crippen LogP contribution is -2.32.